The van der Waals surface area contributed by atoms with Gasteiger partial charge in [0.05, 0.1) is 17.8 Å². The molecule has 0 aromatic heterocycles. The third-order valence-corrected chi connectivity index (χ3v) is 4.98. The Morgan fingerprint density at radius 3 is 2.53 bits per heavy atom. The summed E-state index contributed by atoms with van der Waals surface area (Å²) in [7, 11) is 1.46. The van der Waals surface area contributed by atoms with Crippen LogP contribution in [-0.4, -0.2) is 25.5 Å². The van der Waals surface area contributed by atoms with Crippen LogP contribution in [0.5, 0.6) is 11.5 Å². The summed E-state index contributed by atoms with van der Waals surface area (Å²) in [6.07, 6.45) is 1.42. The maximum atomic E-state index is 12.5. The van der Waals surface area contributed by atoms with Crippen molar-refractivity contribution in [3.63, 3.8) is 0 Å². The number of nitrogens with zero attached hydrogens (tertiary/aromatic N) is 1. The lowest BCUT2D eigenvalue weighted by atomic mass is 10.1. The minimum atomic E-state index is -0.595. The van der Waals surface area contributed by atoms with Crippen LogP contribution in [0.2, 0.25) is 5.02 Å². The predicted molar refractivity (Wildman–Crippen MR) is 132 cm³/mol. The standard InChI is InChI=1S/C26H22ClN3O4/c1-17-6-5-7-20(12-17)29-25(31)16-34-23-11-10-18(14-24(23)33-2)13-19(15-28)26(32)30-22-9-4-3-8-21(22)27/h3-14H,16H2,1-2H3,(H,29,31)(H,30,32)/b19-13-. The molecule has 0 aliphatic rings. The average molecular weight is 476 g/mol. The smallest absolute Gasteiger partial charge is 0.266 e. The molecule has 0 unspecified atom stereocenters. The van der Waals surface area contributed by atoms with Gasteiger partial charge in [0.15, 0.2) is 18.1 Å². The zero-order valence-electron chi connectivity index (χ0n) is 18.6. The second kappa shape index (κ2) is 11.5. The molecule has 8 heteroatoms. The van der Waals surface area contributed by atoms with Crippen molar-refractivity contribution in [3.05, 3.63) is 88.5 Å². The number of nitriles is 1. The molecule has 0 spiro atoms. The quantitative estimate of drug-likeness (QED) is 0.343. The third-order valence-electron chi connectivity index (χ3n) is 4.65. The number of rotatable bonds is 8. The van der Waals surface area contributed by atoms with Crippen LogP contribution < -0.4 is 20.1 Å². The molecule has 0 saturated carbocycles. The van der Waals surface area contributed by atoms with E-state index in [1.807, 2.05) is 31.2 Å². The van der Waals surface area contributed by atoms with E-state index in [9.17, 15) is 14.9 Å². The van der Waals surface area contributed by atoms with E-state index in [1.165, 1.54) is 13.2 Å². The fourth-order valence-electron chi connectivity index (χ4n) is 3.02. The van der Waals surface area contributed by atoms with E-state index in [0.717, 1.165) is 5.56 Å². The molecule has 0 aliphatic carbocycles. The third kappa shape index (κ3) is 6.61. The van der Waals surface area contributed by atoms with Crippen LogP contribution in [0.1, 0.15) is 11.1 Å². The Bertz CT molecular complexity index is 1280. The SMILES string of the molecule is COc1cc(/C=C(/C#N)C(=O)Nc2ccccc2Cl)ccc1OCC(=O)Nc1cccc(C)c1. The zero-order chi connectivity index (χ0) is 24.5. The summed E-state index contributed by atoms with van der Waals surface area (Å²) in [5, 5.41) is 15.2. The van der Waals surface area contributed by atoms with Crippen molar-refractivity contribution in [1.29, 1.82) is 5.26 Å². The monoisotopic (exact) mass is 475 g/mol. The van der Waals surface area contributed by atoms with E-state index in [0.29, 0.717) is 33.5 Å². The Labute approximate surface area is 202 Å². The van der Waals surface area contributed by atoms with Crippen LogP contribution >= 0.6 is 11.6 Å². The highest BCUT2D eigenvalue weighted by Crippen LogP contribution is 2.29. The molecule has 172 valence electrons. The Morgan fingerprint density at radius 2 is 1.82 bits per heavy atom. The first-order valence-corrected chi connectivity index (χ1v) is 10.6. The zero-order valence-corrected chi connectivity index (χ0v) is 19.3. The van der Waals surface area contributed by atoms with Gasteiger partial charge in [-0.1, -0.05) is 41.9 Å². The van der Waals surface area contributed by atoms with Crippen molar-refractivity contribution in [2.45, 2.75) is 6.92 Å². The number of nitrogens with one attached hydrogen (secondary N) is 2. The Kier molecular flexibility index (Phi) is 8.27. The van der Waals surface area contributed by atoms with Gasteiger partial charge in [0.1, 0.15) is 11.6 Å². The first-order chi connectivity index (χ1) is 16.4. The van der Waals surface area contributed by atoms with Crippen molar-refractivity contribution in [1.82, 2.24) is 0 Å². The molecule has 0 heterocycles. The van der Waals surface area contributed by atoms with E-state index >= 15 is 0 Å². The summed E-state index contributed by atoms with van der Waals surface area (Å²) in [6.45, 7) is 1.72. The molecule has 2 N–H and O–H groups in total. The van der Waals surface area contributed by atoms with Gasteiger partial charge in [-0.05, 0) is 60.5 Å². The van der Waals surface area contributed by atoms with Crippen molar-refractivity contribution in [3.8, 4) is 17.6 Å². The number of aryl methyl sites for hydroxylation is 1. The first kappa shape index (κ1) is 24.4. The summed E-state index contributed by atoms with van der Waals surface area (Å²) in [5.41, 5.74) is 2.54. The molecule has 7 nitrogen and oxygen atoms in total. The maximum absolute atomic E-state index is 12.5. The lowest BCUT2D eigenvalue weighted by Gasteiger charge is -2.12. The van der Waals surface area contributed by atoms with Gasteiger partial charge in [0.2, 0.25) is 0 Å². The molecule has 3 aromatic carbocycles. The molecule has 0 fully saturated rings. The fraction of sp³-hybridized carbons (Fsp3) is 0.115. The molecular weight excluding hydrogens is 454 g/mol. The molecule has 0 saturated heterocycles. The van der Waals surface area contributed by atoms with Crippen molar-refractivity contribution in [2.75, 3.05) is 24.4 Å². The summed E-state index contributed by atoms with van der Waals surface area (Å²) in [6, 6.07) is 20.9. The van der Waals surface area contributed by atoms with Crippen molar-refractivity contribution < 1.29 is 19.1 Å². The fourth-order valence-corrected chi connectivity index (χ4v) is 3.21. The average Bonchev–Trinajstić information content (AvgIpc) is 2.82. The van der Waals surface area contributed by atoms with Crippen LogP contribution in [-0.2, 0) is 9.59 Å². The minimum Gasteiger partial charge on any atom is -0.493 e. The van der Waals surface area contributed by atoms with Crippen LogP contribution in [0.25, 0.3) is 6.08 Å². The molecule has 34 heavy (non-hydrogen) atoms. The topological polar surface area (TPSA) is 100 Å². The van der Waals surface area contributed by atoms with Gasteiger partial charge in [-0.25, -0.2) is 0 Å². The number of halogens is 1. The molecule has 0 atom stereocenters. The number of ether oxygens (including phenoxy) is 2. The van der Waals surface area contributed by atoms with Gasteiger partial charge in [0.25, 0.3) is 11.8 Å². The van der Waals surface area contributed by atoms with E-state index in [2.05, 4.69) is 10.6 Å². The van der Waals surface area contributed by atoms with Crippen LogP contribution in [0.4, 0.5) is 11.4 Å². The van der Waals surface area contributed by atoms with E-state index in [-0.39, 0.29) is 18.1 Å². The number of carbonyl (C=O) groups is 2. The number of para-hydroxylation sites is 1. The largest absolute Gasteiger partial charge is 0.493 e. The number of hydrogen-bond donors (Lipinski definition) is 2. The first-order valence-electron chi connectivity index (χ1n) is 10.2. The summed E-state index contributed by atoms with van der Waals surface area (Å²) in [5.74, 6) is -0.221. The molecule has 0 aliphatic heterocycles. The number of anilines is 2. The van der Waals surface area contributed by atoms with Crippen LogP contribution in [0.3, 0.4) is 0 Å². The lowest BCUT2D eigenvalue weighted by molar-refractivity contribution is -0.118. The number of carbonyl (C=O) groups excluding carboxylic acids is 2. The van der Waals surface area contributed by atoms with Crippen molar-refractivity contribution >= 4 is 40.9 Å². The van der Waals surface area contributed by atoms with Gasteiger partial charge in [-0.15, -0.1) is 0 Å². The molecule has 2 amide bonds. The molecule has 3 rings (SSSR count). The van der Waals surface area contributed by atoms with Gasteiger partial charge >= 0.3 is 0 Å². The maximum Gasteiger partial charge on any atom is 0.266 e. The van der Waals surface area contributed by atoms with E-state index < -0.39 is 5.91 Å². The summed E-state index contributed by atoms with van der Waals surface area (Å²) in [4.78, 5) is 24.7. The van der Waals surface area contributed by atoms with E-state index in [4.69, 9.17) is 21.1 Å². The number of benzene rings is 3. The number of hydrogen-bond acceptors (Lipinski definition) is 5. The van der Waals surface area contributed by atoms with E-state index in [1.54, 1.807) is 48.5 Å². The van der Waals surface area contributed by atoms with Gasteiger partial charge < -0.3 is 20.1 Å². The summed E-state index contributed by atoms with van der Waals surface area (Å²) >= 11 is 6.06. The van der Waals surface area contributed by atoms with Gasteiger partial charge in [-0.3, -0.25) is 9.59 Å². The summed E-state index contributed by atoms with van der Waals surface area (Å²) < 4.78 is 11.0. The van der Waals surface area contributed by atoms with Gasteiger partial charge in [0, 0.05) is 5.69 Å². The highest BCUT2D eigenvalue weighted by molar-refractivity contribution is 6.34. The van der Waals surface area contributed by atoms with Crippen LogP contribution in [0.15, 0.2) is 72.3 Å². The Hall–Kier alpha value is -4.28. The predicted octanol–water partition coefficient (Wildman–Crippen LogP) is 5.22. The normalized spacial score (nSPS) is 10.7. The lowest BCUT2D eigenvalue weighted by Crippen LogP contribution is -2.20. The second-order valence-electron chi connectivity index (χ2n) is 7.22. The highest BCUT2D eigenvalue weighted by Gasteiger charge is 2.13. The number of methoxy groups -OCH3 is 1. The van der Waals surface area contributed by atoms with Gasteiger partial charge in [-0.2, -0.15) is 5.26 Å². The second-order valence-corrected chi connectivity index (χ2v) is 7.63. The minimum absolute atomic E-state index is 0.117. The molecule has 0 radical (unpaired) electrons. The molecule has 0 bridgehead atoms. The number of amides is 2. The molecular formula is C26H22ClN3O4. The Morgan fingerprint density at radius 1 is 1.03 bits per heavy atom. The molecule has 3 aromatic rings. The highest BCUT2D eigenvalue weighted by atomic mass is 35.5. The van der Waals surface area contributed by atoms with Crippen LogP contribution in [0, 0.1) is 18.3 Å². The Balaban J connectivity index is 1.69. The van der Waals surface area contributed by atoms with Crippen molar-refractivity contribution in [2.24, 2.45) is 0 Å².